The lowest BCUT2D eigenvalue weighted by Gasteiger charge is -2.06. The van der Waals surface area contributed by atoms with E-state index in [9.17, 15) is 4.79 Å². The van der Waals surface area contributed by atoms with Gasteiger partial charge < -0.3 is 4.74 Å². The Bertz CT molecular complexity index is 857. The Labute approximate surface area is 140 Å². The topological polar surface area (TPSA) is 44.1 Å². The van der Waals surface area contributed by atoms with Crippen LogP contribution in [0.5, 0.6) is 0 Å². The highest BCUT2D eigenvalue weighted by atomic mass is 79.9. The fourth-order valence-corrected chi connectivity index (χ4v) is 3.68. The van der Waals surface area contributed by atoms with Crippen LogP contribution in [0.25, 0.3) is 21.3 Å². The van der Waals surface area contributed by atoms with Crippen molar-refractivity contribution in [1.29, 1.82) is 0 Å². The number of benzene rings is 1. The zero-order valence-electron chi connectivity index (χ0n) is 12.1. The van der Waals surface area contributed by atoms with Gasteiger partial charge in [0.15, 0.2) is 0 Å². The summed E-state index contributed by atoms with van der Waals surface area (Å²) in [5.74, 6) is 0. The Morgan fingerprint density at radius 3 is 3.05 bits per heavy atom. The summed E-state index contributed by atoms with van der Waals surface area (Å²) in [6, 6.07) is 7.97. The molecule has 3 rings (SSSR count). The molecule has 0 amide bonds. The highest BCUT2D eigenvalue weighted by molar-refractivity contribution is 9.10. The molecule has 0 bridgehead atoms. The minimum atomic E-state index is 0.0114. The van der Waals surface area contributed by atoms with E-state index in [1.54, 1.807) is 18.0 Å². The van der Waals surface area contributed by atoms with Crippen LogP contribution in [-0.2, 0) is 11.3 Å². The Morgan fingerprint density at radius 2 is 2.27 bits per heavy atom. The maximum Gasteiger partial charge on any atom is 0.262 e. The molecule has 0 saturated heterocycles. The smallest absolute Gasteiger partial charge is 0.262 e. The first-order valence-corrected chi connectivity index (χ1v) is 8.59. The Kier molecular flexibility index (Phi) is 4.71. The van der Waals surface area contributed by atoms with Crippen LogP contribution in [0.15, 0.2) is 45.2 Å². The van der Waals surface area contributed by atoms with Gasteiger partial charge in [0.2, 0.25) is 0 Å². The predicted octanol–water partition coefficient (Wildman–Crippen LogP) is 3.92. The molecule has 4 nitrogen and oxygen atoms in total. The second kappa shape index (κ2) is 6.73. The van der Waals surface area contributed by atoms with Crippen molar-refractivity contribution in [1.82, 2.24) is 9.55 Å². The van der Waals surface area contributed by atoms with Gasteiger partial charge in [-0.1, -0.05) is 28.1 Å². The average molecular weight is 379 g/mol. The number of halogens is 1. The van der Waals surface area contributed by atoms with Crippen LogP contribution < -0.4 is 5.56 Å². The number of aromatic nitrogens is 2. The summed E-state index contributed by atoms with van der Waals surface area (Å²) in [7, 11) is 1.66. The molecule has 0 spiro atoms. The number of nitrogens with zero attached hydrogens (tertiary/aromatic N) is 2. The van der Waals surface area contributed by atoms with Crippen molar-refractivity contribution in [2.24, 2.45) is 0 Å². The molecule has 6 heteroatoms. The minimum absolute atomic E-state index is 0.0114. The zero-order valence-corrected chi connectivity index (χ0v) is 14.5. The monoisotopic (exact) mass is 378 g/mol. The summed E-state index contributed by atoms with van der Waals surface area (Å²) >= 11 is 4.98. The minimum Gasteiger partial charge on any atom is -0.385 e. The van der Waals surface area contributed by atoms with Crippen molar-refractivity contribution in [2.45, 2.75) is 13.0 Å². The molecule has 1 aromatic carbocycles. The zero-order chi connectivity index (χ0) is 15.5. The first-order chi connectivity index (χ1) is 10.7. The highest BCUT2D eigenvalue weighted by Crippen LogP contribution is 2.31. The lowest BCUT2D eigenvalue weighted by Crippen LogP contribution is -2.21. The quantitative estimate of drug-likeness (QED) is 0.631. The van der Waals surface area contributed by atoms with Gasteiger partial charge in [0.05, 0.1) is 11.7 Å². The molecule has 114 valence electrons. The van der Waals surface area contributed by atoms with E-state index < -0.39 is 0 Å². The summed E-state index contributed by atoms with van der Waals surface area (Å²) in [5.41, 5.74) is 1.98. The lowest BCUT2D eigenvalue weighted by atomic mass is 10.1. The molecular weight excluding hydrogens is 364 g/mol. The van der Waals surface area contributed by atoms with Gasteiger partial charge >= 0.3 is 0 Å². The van der Waals surface area contributed by atoms with Gasteiger partial charge in [-0.05, 0) is 24.1 Å². The maximum atomic E-state index is 12.7. The molecule has 3 aromatic rings. The molecule has 0 aliphatic carbocycles. The molecule has 0 radical (unpaired) electrons. The van der Waals surface area contributed by atoms with Gasteiger partial charge in [-0.3, -0.25) is 9.36 Å². The summed E-state index contributed by atoms with van der Waals surface area (Å²) < 4.78 is 7.70. The summed E-state index contributed by atoms with van der Waals surface area (Å²) in [6.07, 6.45) is 2.42. The van der Waals surface area contributed by atoms with E-state index in [1.165, 1.54) is 11.3 Å². The highest BCUT2D eigenvalue weighted by Gasteiger charge is 2.13. The second-order valence-corrected chi connectivity index (χ2v) is 6.70. The van der Waals surface area contributed by atoms with Gasteiger partial charge in [-0.15, -0.1) is 11.3 Å². The van der Waals surface area contributed by atoms with Crippen LogP contribution in [0.4, 0.5) is 0 Å². The first kappa shape index (κ1) is 15.4. The van der Waals surface area contributed by atoms with E-state index in [-0.39, 0.29) is 5.56 Å². The molecule has 0 atom stereocenters. The van der Waals surface area contributed by atoms with Crippen molar-refractivity contribution < 1.29 is 4.74 Å². The third-order valence-corrected chi connectivity index (χ3v) is 4.82. The largest absolute Gasteiger partial charge is 0.385 e. The van der Waals surface area contributed by atoms with Crippen LogP contribution in [-0.4, -0.2) is 23.3 Å². The van der Waals surface area contributed by atoms with E-state index in [1.807, 2.05) is 29.6 Å². The van der Waals surface area contributed by atoms with Crippen LogP contribution in [0, 0.1) is 0 Å². The Hall–Kier alpha value is -1.50. The number of rotatable bonds is 5. The molecule has 0 fully saturated rings. The normalized spacial score (nSPS) is 11.2. The van der Waals surface area contributed by atoms with Gasteiger partial charge in [0, 0.05) is 35.7 Å². The molecule has 0 unspecified atom stereocenters. The second-order valence-electron chi connectivity index (χ2n) is 4.93. The van der Waals surface area contributed by atoms with Crippen LogP contribution in [0.1, 0.15) is 6.42 Å². The molecule has 0 aliphatic rings. The standard InChI is InChI=1S/C16H15BrN2O2S/c1-21-7-3-6-19-10-18-15-14(16(19)20)13(9-22-15)11-4-2-5-12(17)8-11/h2,4-5,8-10H,3,6-7H2,1H3. The molecule has 0 N–H and O–H groups in total. The van der Waals surface area contributed by atoms with Gasteiger partial charge in [-0.2, -0.15) is 0 Å². The number of aryl methyl sites for hydroxylation is 1. The average Bonchev–Trinajstić information content (AvgIpc) is 2.94. The van der Waals surface area contributed by atoms with Gasteiger partial charge in [0.25, 0.3) is 5.56 Å². The number of fused-ring (bicyclic) bond motifs is 1. The van der Waals surface area contributed by atoms with E-state index in [2.05, 4.69) is 20.9 Å². The van der Waals surface area contributed by atoms with Crippen LogP contribution >= 0.6 is 27.3 Å². The predicted molar refractivity (Wildman–Crippen MR) is 93.5 cm³/mol. The summed E-state index contributed by atoms with van der Waals surface area (Å²) in [6.45, 7) is 1.25. The van der Waals surface area contributed by atoms with E-state index in [0.717, 1.165) is 26.9 Å². The van der Waals surface area contributed by atoms with Crippen molar-refractivity contribution in [3.63, 3.8) is 0 Å². The van der Waals surface area contributed by atoms with E-state index in [4.69, 9.17) is 4.74 Å². The number of thiophene rings is 1. The van der Waals surface area contributed by atoms with Crippen molar-refractivity contribution in [3.05, 3.63) is 50.8 Å². The summed E-state index contributed by atoms with van der Waals surface area (Å²) in [5, 5.41) is 2.70. The third-order valence-electron chi connectivity index (χ3n) is 3.44. The van der Waals surface area contributed by atoms with E-state index in [0.29, 0.717) is 18.5 Å². The van der Waals surface area contributed by atoms with Crippen LogP contribution in [0.3, 0.4) is 0 Å². The Balaban J connectivity index is 2.09. The Morgan fingerprint density at radius 1 is 1.41 bits per heavy atom. The number of hydrogen-bond donors (Lipinski definition) is 0. The maximum absolute atomic E-state index is 12.7. The summed E-state index contributed by atoms with van der Waals surface area (Å²) in [4.78, 5) is 17.9. The van der Waals surface area contributed by atoms with Crippen molar-refractivity contribution >= 4 is 37.5 Å². The molecular formula is C16H15BrN2O2S. The van der Waals surface area contributed by atoms with Crippen molar-refractivity contribution in [2.75, 3.05) is 13.7 Å². The van der Waals surface area contributed by atoms with E-state index >= 15 is 0 Å². The SMILES string of the molecule is COCCCn1cnc2scc(-c3cccc(Br)c3)c2c1=O. The molecule has 2 aromatic heterocycles. The lowest BCUT2D eigenvalue weighted by molar-refractivity contribution is 0.190. The fourth-order valence-electron chi connectivity index (χ4n) is 2.37. The van der Waals surface area contributed by atoms with Gasteiger partial charge in [-0.25, -0.2) is 4.98 Å². The van der Waals surface area contributed by atoms with Crippen molar-refractivity contribution in [3.8, 4) is 11.1 Å². The number of methoxy groups -OCH3 is 1. The molecule has 22 heavy (non-hydrogen) atoms. The first-order valence-electron chi connectivity index (χ1n) is 6.92. The number of hydrogen-bond acceptors (Lipinski definition) is 4. The number of ether oxygens (including phenoxy) is 1. The molecule has 2 heterocycles. The van der Waals surface area contributed by atoms with Crippen LogP contribution in [0.2, 0.25) is 0 Å². The molecule has 0 aliphatic heterocycles. The third kappa shape index (κ3) is 2.99. The van der Waals surface area contributed by atoms with Gasteiger partial charge in [0.1, 0.15) is 4.83 Å². The molecule has 0 saturated carbocycles. The fraction of sp³-hybridized carbons (Fsp3) is 0.250.